The smallest absolute Gasteiger partial charge is 0.230 e. The van der Waals surface area contributed by atoms with E-state index in [2.05, 4.69) is 29.4 Å². The molecule has 164 valence electrons. The molecular formula is C22H26N4O4S. The van der Waals surface area contributed by atoms with E-state index in [0.717, 1.165) is 22.9 Å². The summed E-state index contributed by atoms with van der Waals surface area (Å²) in [5, 5.41) is 12.3. The molecule has 0 aliphatic carbocycles. The van der Waals surface area contributed by atoms with Gasteiger partial charge in [0.05, 0.1) is 24.6 Å². The maximum atomic E-state index is 12.6. The van der Waals surface area contributed by atoms with E-state index in [-0.39, 0.29) is 23.6 Å². The lowest BCUT2D eigenvalue weighted by Crippen LogP contribution is -2.28. The van der Waals surface area contributed by atoms with E-state index < -0.39 is 0 Å². The lowest BCUT2D eigenvalue weighted by molar-refractivity contribution is -0.119. The molecule has 9 heteroatoms. The van der Waals surface area contributed by atoms with Crippen LogP contribution in [0.4, 0.5) is 0 Å². The predicted molar refractivity (Wildman–Crippen MR) is 117 cm³/mol. The molecule has 31 heavy (non-hydrogen) atoms. The van der Waals surface area contributed by atoms with Crippen molar-refractivity contribution >= 4 is 17.7 Å². The van der Waals surface area contributed by atoms with Gasteiger partial charge < -0.3 is 19.2 Å². The Bertz CT molecular complexity index is 1030. The Balaban J connectivity index is 1.38. The predicted octanol–water partition coefficient (Wildman–Crippen LogP) is 3.78. The van der Waals surface area contributed by atoms with Crippen LogP contribution in [-0.4, -0.2) is 39.6 Å². The normalized spacial score (nSPS) is 13.9. The fraction of sp³-hybridized carbons (Fsp3) is 0.409. The molecular weight excluding hydrogens is 416 g/mol. The Labute approximate surface area is 185 Å². The number of rotatable bonds is 8. The molecule has 1 aliphatic rings. The number of carbonyl (C=O) groups excluding carboxylic acids is 1. The number of carbonyl (C=O) groups is 1. The molecule has 4 rings (SSSR count). The SMILES string of the molecule is CC(C)c1nnc(SCC(=O)N[C@@H](C)c2ccc3c(c2)OCCO3)n1Cc1ccco1. The van der Waals surface area contributed by atoms with Crippen LogP contribution in [0.1, 0.15) is 49.9 Å². The van der Waals surface area contributed by atoms with E-state index in [1.54, 1.807) is 6.26 Å². The molecule has 2 aromatic heterocycles. The Morgan fingerprint density at radius 1 is 1.16 bits per heavy atom. The van der Waals surface area contributed by atoms with Crippen molar-refractivity contribution in [3.05, 3.63) is 53.7 Å². The Kier molecular flexibility index (Phi) is 6.50. The first-order chi connectivity index (χ1) is 15.0. The highest BCUT2D eigenvalue weighted by Gasteiger charge is 2.19. The van der Waals surface area contributed by atoms with Crippen molar-refractivity contribution in [2.24, 2.45) is 0 Å². The van der Waals surface area contributed by atoms with Gasteiger partial charge in [-0.15, -0.1) is 10.2 Å². The van der Waals surface area contributed by atoms with Gasteiger partial charge in [0.25, 0.3) is 0 Å². The van der Waals surface area contributed by atoms with Gasteiger partial charge in [-0.25, -0.2) is 0 Å². The van der Waals surface area contributed by atoms with E-state index in [0.29, 0.717) is 30.7 Å². The number of hydrogen-bond acceptors (Lipinski definition) is 7. The quantitative estimate of drug-likeness (QED) is 0.531. The summed E-state index contributed by atoms with van der Waals surface area (Å²) in [5.74, 6) is 3.51. The van der Waals surface area contributed by atoms with Gasteiger partial charge in [-0.2, -0.15) is 0 Å². The average Bonchev–Trinajstić information content (AvgIpc) is 3.42. The number of nitrogens with zero attached hydrogens (tertiary/aromatic N) is 3. The Morgan fingerprint density at radius 2 is 1.97 bits per heavy atom. The van der Waals surface area contributed by atoms with Crippen molar-refractivity contribution in [2.75, 3.05) is 19.0 Å². The fourth-order valence-corrected chi connectivity index (χ4v) is 4.12. The van der Waals surface area contributed by atoms with Gasteiger partial charge in [0.1, 0.15) is 24.8 Å². The molecule has 3 heterocycles. The topological polar surface area (TPSA) is 91.4 Å². The van der Waals surface area contributed by atoms with Crippen LogP contribution in [0.3, 0.4) is 0 Å². The fourth-order valence-electron chi connectivity index (χ4n) is 3.37. The first-order valence-corrected chi connectivity index (χ1v) is 11.3. The maximum absolute atomic E-state index is 12.6. The number of furan rings is 1. The highest BCUT2D eigenvalue weighted by atomic mass is 32.2. The zero-order chi connectivity index (χ0) is 21.8. The van der Waals surface area contributed by atoms with E-state index in [9.17, 15) is 4.79 Å². The number of nitrogens with one attached hydrogen (secondary N) is 1. The molecule has 1 atom stereocenters. The van der Waals surface area contributed by atoms with E-state index >= 15 is 0 Å². The molecule has 0 bridgehead atoms. The molecule has 1 aromatic carbocycles. The second-order valence-corrected chi connectivity index (χ2v) is 8.58. The maximum Gasteiger partial charge on any atom is 0.230 e. The Hall–Kier alpha value is -2.94. The van der Waals surface area contributed by atoms with Gasteiger partial charge in [-0.3, -0.25) is 9.36 Å². The molecule has 0 radical (unpaired) electrons. The van der Waals surface area contributed by atoms with Gasteiger partial charge in [0.2, 0.25) is 5.91 Å². The zero-order valence-electron chi connectivity index (χ0n) is 17.8. The van der Waals surface area contributed by atoms with Crippen molar-refractivity contribution in [2.45, 2.75) is 44.4 Å². The molecule has 0 spiro atoms. The van der Waals surface area contributed by atoms with Crippen LogP contribution >= 0.6 is 11.8 Å². The molecule has 3 aromatic rings. The number of fused-ring (bicyclic) bond motifs is 1. The van der Waals surface area contributed by atoms with Crippen LogP contribution in [0.15, 0.2) is 46.2 Å². The molecule has 1 amide bonds. The van der Waals surface area contributed by atoms with Crippen molar-refractivity contribution in [1.82, 2.24) is 20.1 Å². The minimum atomic E-state index is -0.156. The summed E-state index contributed by atoms with van der Waals surface area (Å²) in [4.78, 5) is 12.6. The van der Waals surface area contributed by atoms with Gasteiger partial charge in [-0.05, 0) is 36.8 Å². The first-order valence-electron chi connectivity index (χ1n) is 10.3. The third-order valence-electron chi connectivity index (χ3n) is 4.93. The highest BCUT2D eigenvalue weighted by Crippen LogP contribution is 2.32. The van der Waals surface area contributed by atoms with Crippen LogP contribution in [0.5, 0.6) is 11.5 Å². The van der Waals surface area contributed by atoms with Gasteiger partial charge in [-0.1, -0.05) is 31.7 Å². The summed E-state index contributed by atoms with van der Waals surface area (Å²) in [6.45, 7) is 7.71. The van der Waals surface area contributed by atoms with Crippen LogP contribution in [-0.2, 0) is 11.3 Å². The van der Waals surface area contributed by atoms with Crippen LogP contribution in [0.2, 0.25) is 0 Å². The third-order valence-corrected chi connectivity index (χ3v) is 5.90. The van der Waals surface area contributed by atoms with Crippen molar-refractivity contribution in [3.8, 4) is 11.5 Å². The molecule has 0 saturated carbocycles. The number of hydrogen-bond donors (Lipinski definition) is 1. The van der Waals surface area contributed by atoms with E-state index in [1.807, 2.05) is 41.8 Å². The van der Waals surface area contributed by atoms with Gasteiger partial charge >= 0.3 is 0 Å². The van der Waals surface area contributed by atoms with Crippen LogP contribution in [0, 0.1) is 0 Å². The molecule has 1 N–H and O–H groups in total. The minimum absolute atomic E-state index is 0.0777. The molecule has 0 fully saturated rings. The van der Waals surface area contributed by atoms with Gasteiger partial charge in [0, 0.05) is 5.92 Å². The summed E-state index contributed by atoms with van der Waals surface area (Å²) in [6, 6.07) is 9.36. The van der Waals surface area contributed by atoms with E-state index in [4.69, 9.17) is 13.9 Å². The Morgan fingerprint density at radius 3 is 2.71 bits per heavy atom. The zero-order valence-corrected chi connectivity index (χ0v) is 18.6. The monoisotopic (exact) mass is 442 g/mol. The highest BCUT2D eigenvalue weighted by molar-refractivity contribution is 7.99. The number of aromatic nitrogens is 3. The largest absolute Gasteiger partial charge is 0.486 e. The molecule has 0 unspecified atom stereocenters. The van der Waals surface area contributed by atoms with Crippen LogP contribution in [0.25, 0.3) is 0 Å². The molecule has 1 aliphatic heterocycles. The van der Waals surface area contributed by atoms with Crippen molar-refractivity contribution in [3.63, 3.8) is 0 Å². The summed E-state index contributed by atoms with van der Waals surface area (Å²) >= 11 is 1.37. The summed E-state index contributed by atoms with van der Waals surface area (Å²) in [6.07, 6.45) is 1.65. The van der Waals surface area contributed by atoms with Crippen molar-refractivity contribution in [1.29, 1.82) is 0 Å². The average molecular weight is 443 g/mol. The summed E-state index contributed by atoms with van der Waals surface area (Å²) < 4.78 is 18.7. The number of thioether (sulfide) groups is 1. The molecule has 0 saturated heterocycles. The summed E-state index contributed by atoms with van der Waals surface area (Å²) in [7, 11) is 0. The molecule has 8 nitrogen and oxygen atoms in total. The van der Waals surface area contributed by atoms with Crippen LogP contribution < -0.4 is 14.8 Å². The van der Waals surface area contributed by atoms with E-state index in [1.165, 1.54) is 11.8 Å². The van der Waals surface area contributed by atoms with Crippen molar-refractivity contribution < 1.29 is 18.7 Å². The summed E-state index contributed by atoms with van der Waals surface area (Å²) in [5.41, 5.74) is 0.964. The standard InChI is InChI=1S/C22H26N4O4S/c1-14(2)21-24-25-22(26(21)12-17-5-4-8-28-17)31-13-20(27)23-15(3)16-6-7-18-19(11-16)30-10-9-29-18/h4-8,11,14-15H,9-10,12-13H2,1-3H3,(H,23,27)/t15-/m0/s1. The third kappa shape index (κ3) is 5.04. The lowest BCUT2D eigenvalue weighted by Gasteiger charge is -2.21. The first kappa shape index (κ1) is 21.3. The second-order valence-electron chi connectivity index (χ2n) is 7.64. The van der Waals surface area contributed by atoms with Gasteiger partial charge in [0.15, 0.2) is 16.7 Å². The number of benzene rings is 1. The second kappa shape index (κ2) is 9.47. The number of ether oxygens (including phenoxy) is 2. The number of amides is 1. The minimum Gasteiger partial charge on any atom is -0.486 e. The lowest BCUT2D eigenvalue weighted by atomic mass is 10.1.